The summed E-state index contributed by atoms with van der Waals surface area (Å²) in [7, 11) is 1.90. The van der Waals surface area contributed by atoms with E-state index in [4.69, 9.17) is 0 Å². The number of hydrogen-bond acceptors (Lipinski definition) is 5. The molecule has 8 heteroatoms. The maximum Gasteiger partial charge on any atom is 0.329 e. The summed E-state index contributed by atoms with van der Waals surface area (Å²) in [5.74, 6) is 0.156. The van der Waals surface area contributed by atoms with Crippen molar-refractivity contribution in [3.05, 3.63) is 38.2 Å². The normalized spacial score (nSPS) is 20.2. The highest BCUT2D eigenvalue weighted by atomic mass is 16.2. The molecule has 2 aromatic rings. The molecule has 144 valence electrons. The number of nitrogens with zero attached hydrogens (tertiary/aromatic N) is 3. The van der Waals surface area contributed by atoms with E-state index in [2.05, 4.69) is 15.3 Å². The number of H-pyrrole nitrogens is 1. The fourth-order valence-corrected chi connectivity index (χ4v) is 3.91. The van der Waals surface area contributed by atoms with Gasteiger partial charge in [-0.1, -0.05) is 0 Å². The highest BCUT2D eigenvalue weighted by molar-refractivity contribution is 6.05. The highest BCUT2D eigenvalue weighted by Gasteiger charge is 2.31. The second-order valence-corrected chi connectivity index (χ2v) is 7.45. The summed E-state index contributed by atoms with van der Waals surface area (Å²) in [4.78, 5) is 46.9. The number of carbonyl (C=O) groups is 1. The molecule has 1 atom stereocenters. The first-order chi connectivity index (χ1) is 13.0. The van der Waals surface area contributed by atoms with Gasteiger partial charge in [-0.05, 0) is 45.7 Å². The molecule has 1 aliphatic heterocycles. The number of carbonyl (C=O) groups excluding carboxylic acids is 1. The Balaban J connectivity index is 1.89. The van der Waals surface area contributed by atoms with E-state index in [1.807, 2.05) is 14.0 Å². The number of aromatic nitrogens is 3. The lowest BCUT2D eigenvalue weighted by atomic mass is 10.0. The molecule has 2 aromatic heterocycles. The van der Waals surface area contributed by atoms with Gasteiger partial charge in [0.15, 0.2) is 5.65 Å². The van der Waals surface area contributed by atoms with Gasteiger partial charge in [-0.15, -0.1) is 0 Å². The number of pyridine rings is 1. The van der Waals surface area contributed by atoms with Gasteiger partial charge in [-0.25, -0.2) is 9.78 Å². The van der Waals surface area contributed by atoms with Gasteiger partial charge in [0.1, 0.15) is 0 Å². The lowest BCUT2D eigenvalue weighted by molar-refractivity contribution is 0.0700. The molecular formula is C19H25N5O3. The van der Waals surface area contributed by atoms with Gasteiger partial charge in [0.25, 0.3) is 11.5 Å². The van der Waals surface area contributed by atoms with Crippen molar-refractivity contribution in [3.63, 3.8) is 0 Å². The summed E-state index contributed by atoms with van der Waals surface area (Å²) >= 11 is 0. The molecule has 1 amide bonds. The third-order valence-electron chi connectivity index (χ3n) is 5.63. The molecule has 2 aliphatic rings. The number of hydrogen-bond donors (Lipinski definition) is 2. The first-order valence-corrected chi connectivity index (χ1v) is 9.67. The fraction of sp³-hybridized carbons (Fsp3) is 0.579. The monoisotopic (exact) mass is 371 g/mol. The van der Waals surface area contributed by atoms with E-state index in [9.17, 15) is 14.4 Å². The van der Waals surface area contributed by atoms with Crippen LogP contribution in [-0.4, -0.2) is 51.5 Å². The van der Waals surface area contributed by atoms with Gasteiger partial charge in [-0.3, -0.25) is 19.1 Å². The third kappa shape index (κ3) is 3.18. The van der Waals surface area contributed by atoms with Gasteiger partial charge in [0, 0.05) is 37.3 Å². The van der Waals surface area contributed by atoms with Crippen LogP contribution < -0.4 is 16.6 Å². The molecule has 0 spiro atoms. The minimum atomic E-state index is -0.542. The fourth-order valence-electron chi connectivity index (χ4n) is 3.91. The topological polar surface area (TPSA) is 100 Å². The Hall–Kier alpha value is -2.48. The van der Waals surface area contributed by atoms with Crippen LogP contribution in [0.15, 0.2) is 15.7 Å². The van der Waals surface area contributed by atoms with E-state index < -0.39 is 11.2 Å². The van der Waals surface area contributed by atoms with Gasteiger partial charge < -0.3 is 10.2 Å². The van der Waals surface area contributed by atoms with Crippen LogP contribution in [0, 0.1) is 0 Å². The second kappa shape index (κ2) is 6.92. The van der Waals surface area contributed by atoms with Crippen molar-refractivity contribution in [2.75, 3.05) is 20.1 Å². The van der Waals surface area contributed by atoms with Crippen LogP contribution in [-0.2, 0) is 6.54 Å². The number of piperidine rings is 1. The van der Waals surface area contributed by atoms with Crippen molar-refractivity contribution in [1.29, 1.82) is 0 Å². The number of aromatic amines is 1. The molecule has 1 unspecified atom stereocenters. The maximum atomic E-state index is 13.3. The van der Waals surface area contributed by atoms with Crippen LogP contribution in [0.25, 0.3) is 11.0 Å². The molecule has 1 saturated heterocycles. The lowest BCUT2D eigenvalue weighted by Crippen LogP contribution is -2.47. The standard InChI is InChI=1S/C19H25N5O3/c1-3-24-16-15(17(25)22-19(24)27)13(9-14(21-16)11-6-7-11)18(26)23-8-4-5-12(10-23)20-2/h9,11-12,20H,3-8,10H2,1-2H3,(H,22,25,27). The summed E-state index contributed by atoms with van der Waals surface area (Å²) in [6.07, 6.45) is 4.00. The van der Waals surface area contributed by atoms with Crippen molar-refractivity contribution >= 4 is 16.9 Å². The molecule has 0 bridgehead atoms. The Labute approximate surface area is 156 Å². The summed E-state index contributed by atoms with van der Waals surface area (Å²) in [6, 6.07) is 2.02. The SMILES string of the molecule is CCn1c(=O)[nH]c(=O)c2c(C(=O)N3CCCC(NC)C3)cc(C3CC3)nc21. The summed E-state index contributed by atoms with van der Waals surface area (Å²) in [6.45, 7) is 3.49. The van der Waals surface area contributed by atoms with Gasteiger partial charge in [-0.2, -0.15) is 0 Å². The number of likely N-dealkylation sites (N-methyl/N-ethyl adjacent to an activating group) is 1. The Morgan fingerprint density at radius 3 is 2.78 bits per heavy atom. The molecule has 0 aromatic carbocycles. The highest BCUT2D eigenvalue weighted by Crippen LogP contribution is 2.40. The van der Waals surface area contributed by atoms with Crippen LogP contribution in [0.4, 0.5) is 0 Å². The van der Waals surface area contributed by atoms with Crippen LogP contribution >= 0.6 is 0 Å². The zero-order chi connectivity index (χ0) is 19.1. The van der Waals surface area contributed by atoms with E-state index in [1.54, 1.807) is 11.0 Å². The molecule has 4 rings (SSSR count). The van der Waals surface area contributed by atoms with Gasteiger partial charge in [0.05, 0.1) is 10.9 Å². The minimum Gasteiger partial charge on any atom is -0.337 e. The summed E-state index contributed by atoms with van der Waals surface area (Å²) in [5.41, 5.74) is 0.464. The Kier molecular flexibility index (Phi) is 4.59. The predicted molar refractivity (Wildman–Crippen MR) is 102 cm³/mol. The van der Waals surface area contributed by atoms with E-state index in [1.165, 1.54) is 4.57 Å². The number of likely N-dealkylation sites (tertiary alicyclic amines) is 1. The van der Waals surface area contributed by atoms with Crippen molar-refractivity contribution < 1.29 is 4.79 Å². The Morgan fingerprint density at radius 2 is 2.11 bits per heavy atom. The number of amides is 1. The number of fused-ring (bicyclic) bond motifs is 1. The van der Waals surface area contributed by atoms with Crippen LogP contribution in [0.1, 0.15) is 54.6 Å². The maximum absolute atomic E-state index is 13.3. The predicted octanol–water partition coefficient (Wildman–Crippen LogP) is 0.806. The molecule has 27 heavy (non-hydrogen) atoms. The number of rotatable bonds is 4. The zero-order valence-electron chi connectivity index (χ0n) is 15.7. The van der Waals surface area contributed by atoms with Crippen molar-refractivity contribution in [3.8, 4) is 0 Å². The lowest BCUT2D eigenvalue weighted by Gasteiger charge is -2.32. The number of nitrogens with one attached hydrogen (secondary N) is 2. The smallest absolute Gasteiger partial charge is 0.329 e. The third-order valence-corrected chi connectivity index (χ3v) is 5.63. The first-order valence-electron chi connectivity index (χ1n) is 9.67. The zero-order valence-corrected chi connectivity index (χ0v) is 15.7. The van der Waals surface area contributed by atoms with Crippen molar-refractivity contribution in [1.82, 2.24) is 24.8 Å². The molecule has 1 saturated carbocycles. The number of aryl methyl sites for hydroxylation is 1. The summed E-state index contributed by atoms with van der Waals surface area (Å²) in [5, 5.41) is 3.45. The van der Waals surface area contributed by atoms with Crippen LogP contribution in [0.5, 0.6) is 0 Å². The van der Waals surface area contributed by atoms with E-state index >= 15 is 0 Å². The molecular weight excluding hydrogens is 346 g/mol. The van der Waals surface area contributed by atoms with Gasteiger partial charge in [0.2, 0.25) is 0 Å². The quantitative estimate of drug-likeness (QED) is 0.828. The van der Waals surface area contributed by atoms with Gasteiger partial charge >= 0.3 is 5.69 Å². The van der Waals surface area contributed by atoms with Crippen molar-refractivity contribution in [2.24, 2.45) is 0 Å². The van der Waals surface area contributed by atoms with Crippen molar-refractivity contribution in [2.45, 2.75) is 51.1 Å². The van der Waals surface area contributed by atoms with E-state index in [-0.39, 0.29) is 17.3 Å². The molecule has 1 aliphatic carbocycles. The summed E-state index contributed by atoms with van der Waals surface area (Å²) < 4.78 is 1.44. The van der Waals surface area contributed by atoms with E-state index in [0.717, 1.165) is 31.4 Å². The van der Waals surface area contributed by atoms with Crippen LogP contribution in [0.2, 0.25) is 0 Å². The second-order valence-electron chi connectivity index (χ2n) is 7.45. The minimum absolute atomic E-state index is 0.156. The average Bonchev–Trinajstić information content (AvgIpc) is 3.52. The first kappa shape index (κ1) is 17.9. The van der Waals surface area contributed by atoms with Crippen LogP contribution in [0.3, 0.4) is 0 Å². The molecule has 8 nitrogen and oxygen atoms in total. The molecule has 3 heterocycles. The molecule has 2 fully saturated rings. The molecule has 2 N–H and O–H groups in total. The molecule has 0 radical (unpaired) electrons. The average molecular weight is 371 g/mol. The van der Waals surface area contributed by atoms with E-state index in [0.29, 0.717) is 36.8 Å². The Bertz CT molecular complexity index is 1000. The largest absolute Gasteiger partial charge is 0.337 e. The Morgan fingerprint density at radius 1 is 1.33 bits per heavy atom.